The summed E-state index contributed by atoms with van der Waals surface area (Å²) in [5, 5.41) is 0. The predicted molar refractivity (Wildman–Crippen MR) is 116 cm³/mol. The summed E-state index contributed by atoms with van der Waals surface area (Å²) in [4.78, 5) is 3.62. The largest absolute Gasteiger partial charge is 0.311 e. The van der Waals surface area contributed by atoms with Crippen LogP contribution < -0.4 is 4.90 Å². The fourth-order valence-corrected chi connectivity index (χ4v) is 3.64. The van der Waals surface area contributed by atoms with Crippen molar-refractivity contribution in [3.8, 4) is 0 Å². The lowest BCUT2D eigenvalue weighted by atomic mass is 10.0. The first-order valence-electron chi connectivity index (χ1n) is 9.07. The highest BCUT2D eigenvalue weighted by molar-refractivity contribution is 7.99. The van der Waals surface area contributed by atoms with Crippen molar-refractivity contribution in [3.05, 3.63) is 84.4 Å². The molecule has 0 heterocycles. The van der Waals surface area contributed by atoms with Crippen LogP contribution in [0.5, 0.6) is 0 Å². The SMILES string of the molecule is Cc1ccc(N(c2ccccc2)c2ccc(SCC(C)(C)C)cc2)cc1. The molecule has 0 unspecified atom stereocenters. The van der Waals surface area contributed by atoms with Gasteiger partial charge in [-0.3, -0.25) is 0 Å². The first kappa shape index (κ1) is 18.6. The fraction of sp³-hybridized carbons (Fsp3) is 0.250. The van der Waals surface area contributed by atoms with Crippen LogP contribution in [0.25, 0.3) is 0 Å². The van der Waals surface area contributed by atoms with Crippen molar-refractivity contribution in [2.45, 2.75) is 32.6 Å². The molecule has 0 aliphatic rings. The van der Waals surface area contributed by atoms with Gasteiger partial charge in [-0.2, -0.15) is 0 Å². The van der Waals surface area contributed by atoms with Gasteiger partial charge in [0.2, 0.25) is 0 Å². The number of anilines is 3. The van der Waals surface area contributed by atoms with Crippen molar-refractivity contribution >= 4 is 28.8 Å². The van der Waals surface area contributed by atoms with E-state index in [0.717, 1.165) is 5.75 Å². The monoisotopic (exact) mass is 361 g/mol. The summed E-state index contributed by atoms with van der Waals surface area (Å²) in [6.45, 7) is 8.96. The highest BCUT2D eigenvalue weighted by Crippen LogP contribution is 2.36. The molecule has 134 valence electrons. The molecular formula is C24H27NS. The lowest BCUT2D eigenvalue weighted by molar-refractivity contribution is 0.481. The van der Waals surface area contributed by atoms with Gasteiger partial charge in [-0.15, -0.1) is 11.8 Å². The first-order chi connectivity index (χ1) is 12.4. The Kier molecular flexibility index (Phi) is 5.73. The molecule has 0 aliphatic heterocycles. The minimum absolute atomic E-state index is 0.335. The second-order valence-electron chi connectivity index (χ2n) is 7.85. The lowest BCUT2D eigenvalue weighted by Crippen LogP contribution is -2.10. The maximum Gasteiger partial charge on any atom is 0.0462 e. The molecule has 3 aromatic carbocycles. The minimum atomic E-state index is 0.335. The van der Waals surface area contributed by atoms with E-state index in [4.69, 9.17) is 0 Å². The van der Waals surface area contributed by atoms with Gasteiger partial charge < -0.3 is 4.90 Å². The molecule has 0 radical (unpaired) electrons. The van der Waals surface area contributed by atoms with E-state index in [0.29, 0.717) is 5.41 Å². The number of nitrogens with zero attached hydrogens (tertiary/aromatic N) is 1. The van der Waals surface area contributed by atoms with E-state index in [1.54, 1.807) is 0 Å². The smallest absolute Gasteiger partial charge is 0.0462 e. The van der Waals surface area contributed by atoms with Crippen LogP contribution in [0.15, 0.2) is 83.8 Å². The molecule has 0 N–H and O–H groups in total. The zero-order chi connectivity index (χ0) is 18.6. The highest BCUT2D eigenvalue weighted by atomic mass is 32.2. The van der Waals surface area contributed by atoms with Crippen molar-refractivity contribution in [1.82, 2.24) is 0 Å². The number of hydrogen-bond donors (Lipinski definition) is 0. The molecule has 0 amide bonds. The van der Waals surface area contributed by atoms with Crippen molar-refractivity contribution in [2.24, 2.45) is 5.41 Å². The van der Waals surface area contributed by atoms with Crippen molar-refractivity contribution < 1.29 is 0 Å². The predicted octanol–water partition coefficient (Wildman–Crippen LogP) is 7.60. The van der Waals surface area contributed by atoms with E-state index in [1.165, 1.54) is 27.5 Å². The number of benzene rings is 3. The van der Waals surface area contributed by atoms with Gasteiger partial charge in [-0.1, -0.05) is 56.7 Å². The molecule has 0 aliphatic carbocycles. The summed E-state index contributed by atoms with van der Waals surface area (Å²) in [6, 6.07) is 28.1. The van der Waals surface area contributed by atoms with Gasteiger partial charge in [0.05, 0.1) is 0 Å². The molecule has 0 fully saturated rings. The summed E-state index contributed by atoms with van der Waals surface area (Å²) in [7, 11) is 0. The molecule has 26 heavy (non-hydrogen) atoms. The summed E-state index contributed by atoms with van der Waals surface area (Å²) >= 11 is 1.92. The van der Waals surface area contributed by atoms with Crippen molar-refractivity contribution in [3.63, 3.8) is 0 Å². The van der Waals surface area contributed by atoms with Crippen molar-refractivity contribution in [2.75, 3.05) is 10.7 Å². The number of aryl methyl sites for hydroxylation is 1. The van der Waals surface area contributed by atoms with Crippen LogP contribution in [0.2, 0.25) is 0 Å². The van der Waals surface area contributed by atoms with Gasteiger partial charge in [0, 0.05) is 27.7 Å². The molecule has 0 atom stereocenters. The Balaban J connectivity index is 1.91. The van der Waals surface area contributed by atoms with Gasteiger partial charge >= 0.3 is 0 Å². The van der Waals surface area contributed by atoms with E-state index in [1.807, 2.05) is 11.8 Å². The van der Waals surface area contributed by atoms with Crippen LogP contribution in [-0.4, -0.2) is 5.75 Å². The molecule has 0 aromatic heterocycles. The molecule has 0 saturated carbocycles. The van der Waals surface area contributed by atoms with Gasteiger partial charge in [-0.05, 0) is 60.9 Å². The van der Waals surface area contributed by atoms with E-state index in [-0.39, 0.29) is 0 Å². The minimum Gasteiger partial charge on any atom is -0.311 e. The highest BCUT2D eigenvalue weighted by Gasteiger charge is 2.13. The normalized spacial score (nSPS) is 11.4. The second-order valence-corrected chi connectivity index (χ2v) is 8.90. The van der Waals surface area contributed by atoms with Crippen LogP contribution in [0.1, 0.15) is 26.3 Å². The summed E-state index contributed by atoms with van der Waals surface area (Å²) in [5.74, 6) is 1.12. The standard InChI is InChI=1S/C24H27NS/c1-19-10-12-21(13-11-19)25(20-8-6-5-7-9-20)22-14-16-23(17-15-22)26-18-24(2,3)4/h5-17H,18H2,1-4H3. The van der Waals surface area contributed by atoms with E-state index in [9.17, 15) is 0 Å². The van der Waals surface area contributed by atoms with Crippen molar-refractivity contribution in [1.29, 1.82) is 0 Å². The van der Waals surface area contributed by atoms with E-state index >= 15 is 0 Å². The molecule has 0 bridgehead atoms. The Hall–Kier alpha value is -2.19. The zero-order valence-corrected chi connectivity index (χ0v) is 16.9. The summed E-state index contributed by atoms with van der Waals surface area (Å²) < 4.78 is 0. The van der Waals surface area contributed by atoms with Gasteiger partial charge in [0.1, 0.15) is 0 Å². The van der Waals surface area contributed by atoms with E-state index in [2.05, 4.69) is 111 Å². The van der Waals surface area contributed by atoms with Crippen LogP contribution >= 0.6 is 11.8 Å². The molecular weight excluding hydrogens is 334 g/mol. The number of thioether (sulfide) groups is 1. The topological polar surface area (TPSA) is 3.24 Å². The third kappa shape index (κ3) is 4.92. The summed E-state index contributed by atoms with van der Waals surface area (Å²) in [5.41, 5.74) is 5.14. The molecule has 2 heteroatoms. The molecule has 0 saturated heterocycles. The molecule has 0 spiro atoms. The first-order valence-corrected chi connectivity index (χ1v) is 10.1. The summed E-state index contributed by atoms with van der Waals surface area (Å²) in [6.07, 6.45) is 0. The van der Waals surface area contributed by atoms with Gasteiger partial charge in [-0.25, -0.2) is 0 Å². The number of rotatable bonds is 5. The van der Waals surface area contributed by atoms with Crippen LogP contribution in [0.3, 0.4) is 0 Å². The lowest BCUT2D eigenvalue weighted by Gasteiger charge is -2.26. The average molecular weight is 362 g/mol. The zero-order valence-electron chi connectivity index (χ0n) is 16.1. The van der Waals surface area contributed by atoms with Crippen LogP contribution in [-0.2, 0) is 0 Å². The number of hydrogen-bond acceptors (Lipinski definition) is 2. The Labute approximate surface area is 162 Å². The maximum atomic E-state index is 2.30. The quantitative estimate of drug-likeness (QED) is 0.430. The Bertz CT molecular complexity index is 815. The maximum absolute atomic E-state index is 2.30. The molecule has 3 rings (SSSR count). The molecule has 1 nitrogen and oxygen atoms in total. The van der Waals surface area contributed by atoms with Gasteiger partial charge in [0.25, 0.3) is 0 Å². The average Bonchev–Trinajstić information content (AvgIpc) is 2.63. The Morgan fingerprint density at radius 2 is 1.19 bits per heavy atom. The third-order valence-electron chi connectivity index (χ3n) is 4.07. The van der Waals surface area contributed by atoms with Gasteiger partial charge in [0.15, 0.2) is 0 Å². The third-order valence-corrected chi connectivity index (χ3v) is 5.69. The second kappa shape index (κ2) is 8.01. The van der Waals surface area contributed by atoms with Crippen LogP contribution in [0.4, 0.5) is 17.1 Å². The Morgan fingerprint density at radius 3 is 1.73 bits per heavy atom. The van der Waals surface area contributed by atoms with E-state index < -0.39 is 0 Å². The number of para-hydroxylation sites is 1. The Morgan fingerprint density at radius 1 is 0.692 bits per heavy atom. The fourth-order valence-electron chi connectivity index (χ4n) is 2.71. The van der Waals surface area contributed by atoms with Crippen LogP contribution in [0, 0.1) is 12.3 Å². The molecule has 3 aromatic rings.